The quantitative estimate of drug-likeness (QED) is 0.450. The van der Waals surface area contributed by atoms with Gasteiger partial charge < -0.3 is 0 Å². The van der Waals surface area contributed by atoms with Crippen molar-refractivity contribution >= 4 is 6.21 Å². The van der Waals surface area contributed by atoms with Crippen molar-refractivity contribution < 1.29 is 0 Å². The Morgan fingerprint density at radius 2 is 2.25 bits per heavy atom. The maximum atomic E-state index is 3.86. The molecule has 0 bridgehead atoms. The van der Waals surface area contributed by atoms with Crippen LogP contribution in [0, 0.1) is 0 Å². The molecule has 3 nitrogen and oxygen atoms in total. The fourth-order valence-corrected chi connectivity index (χ4v) is 0.416. The highest BCUT2D eigenvalue weighted by Crippen LogP contribution is 1.92. The molecule has 1 heterocycles. The third-order valence-corrected chi connectivity index (χ3v) is 0.770. The van der Waals surface area contributed by atoms with E-state index in [9.17, 15) is 0 Å². The minimum Gasteiger partial charge on any atom is -0.265 e. The van der Waals surface area contributed by atoms with Crippen LogP contribution in [-0.4, -0.2) is 12.3 Å². The molecule has 0 amide bonds. The van der Waals surface area contributed by atoms with E-state index in [1.807, 2.05) is 6.92 Å². The lowest BCUT2D eigenvalue weighted by Gasteiger charge is -1.87. The van der Waals surface area contributed by atoms with E-state index < -0.39 is 0 Å². The van der Waals surface area contributed by atoms with Gasteiger partial charge in [-0.25, -0.2) is 0 Å². The van der Waals surface area contributed by atoms with Crippen LogP contribution in [0.25, 0.3) is 0 Å². The van der Waals surface area contributed by atoms with E-state index in [1.54, 1.807) is 18.6 Å². The van der Waals surface area contributed by atoms with Crippen LogP contribution in [0.5, 0.6) is 0 Å². The zero-order valence-corrected chi connectivity index (χ0v) is 4.65. The number of nitrogens with zero attached hydrogens (tertiary/aromatic N) is 3. The fourth-order valence-electron chi connectivity index (χ4n) is 0.416. The Labute approximate surface area is 47.8 Å². The first-order valence-corrected chi connectivity index (χ1v) is 2.48. The van der Waals surface area contributed by atoms with Crippen molar-refractivity contribution in [1.82, 2.24) is 0 Å². The summed E-state index contributed by atoms with van der Waals surface area (Å²) in [5.41, 5.74) is 0. The second-order valence-electron chi connectivity index (χ2n) is 1.57. The van der Waals surface area contributed by atoms with Crippen LogP contribution in [0.15, 0.2) is 27.6 Å². The first-order chi connectivity index (χ1) is 3.89. The summed E-state index contributed by atoms with van der Waals surface area (Å²) in [5.74, 6) is 0. The molecule has 0 aromatic carbocycles. The van der Waals surface area contributed by atoms with Crippen LogP contribution < -0.4 is 0 Å². The third-order valence-electron chi connectivity index (χ3n) is 0.770. The monoisotopic (exact) mass is 109 g/mol. The molecule has 0 spiro atoms. The zero-order valence-electron chi connectivity index (χ0n) is 4.65. The summed E-state index contributed by atoms with van der Waals surface area (Å²) in [6.45, 7) is 1.93. The molecule has 8 heavy (non-hydrogen) atoms. The Morgan fingerprint density at radius 1 is 1.38 bits per heavy atom. The molecule has 42 valence electrons. The van der Waals surface area contributed by atoms with Gasteiger partial charge in [0.25, 0.3) is 0 Å². The summed E-state index contributed by atoms with van der Waals surface area (Å²) in [6, 6.07) is 0.130. The van der Waals surface area contributed by atoms with E-state index >= 15 is 0 Å². The van der Waals surface area contributed by atoms with Crippen LogP contribution in [0.3, 0.4) is 0 Å². The summed E-state index contributed by atoms with van der Waals surface area (Å²) >= 11 is 0. The summed E-state index contributed by atoms with van der Waals surface area (Å²) < 4.78 is 0. The molecule has 0 aromatic rings. The SMILES string of the molecule is CC1C=NC=CN=N1. The second-order valence-corrected chi connectivity index (χ2v) is 1.57. The summed E-state index contributed by atoms with van der Waals surface area (Å²) in [6.07, 6.45) is 4.93. The summed E-state index contributed by atoms with van der Waals surface area (Å²) in [5, 5.41) is 7.48. The predicted octanol–water partition coefficient (Wildman–Crippen LogP) is 1.38. The average Bonchev–Trinajstić information content (AvgIpc) is 1.94. The van der Waals surface area contributed by atoms with E-state index in [-0.39, 0.29) is 6.04 Å². The topological polar surface area (TPSA) is 37.1 Å². The fraction of sp³-hybridized carbons (Fsp3) is 0.400. The number of hydrogen-bond donors (Lipinski definition) is 0. The Balaban J connectivity index is 2.66. The van der Waals surface area contributed by atoms with Crippen LogP contribution in [0.1, 0.15) is 6.92 Å². The highest BCUT2D eigenvalue weighted by atomic mass is 15.1. The Hall–Kier alpha value is -0.990. The van der Waals surface area contributed by atoms with E-state index in [4.69, 9.17) is 0 Å². The molecule has 1 atom stereocenters. The van der Waals surface area contributed by atoms with Crippen molar-refractivity contribution in [3.05, 3.63) is 12.4 Å². The maximum absolute atomic E-state index is 3.86. The molecule has 1 unspecified atom stereocenters. The van der Waals surface area contributed by atoms with Gasteiger partial charge in [0.2, 0.25) is 0 Å². The van der Waals surface area contributed by atoms with E-state index in [1.165, 1.54) is 0 Å². The Bertz CT molecular complexity index is 130. The van der Waals surface area contributed by atoms with Crippen molar-refractivity contribution in [2.45, 2.75) is 13.0 Å². The largest absolute Gasteiger partial charge is 0.265 e. The lowest BCUT2D eigenvalue weighted by atomic mass is 10.4. The highest BCUT2D eigenvalue weighted by molar-refractivity contribution is 5.64. The van der Waals surface area contributed by atoms with Gasteiger partial charge in [-0.3, -0.25) is 4.99 Å². The van der Waals surface area contributed by atoms with Crippen LogP contribution in [0.2, 0.25) is 0 Å². The van der Waals surface area contributed by atoms with Gasteiger partial charge in [-0.05, 0) is 6.92 Å². The lowest BCUT2D eigenvalue weighted by molar-refractivity contribution is 0.910. The summed E-state index contributed by atoms with van der Waals surface area (Å²) in [7, 11) is 0. The lowest BCUT2D eigenvalue weighted by Crippen LogP contribution is -1.95. The number of hydrogen-bond acceptors (Lipinski definition) is 3. The van der Waals surface area contributed by atoms with Crippen molar-refractivity contribution in [2.75, 3.05) is 0 Å². The number of azo groups is 1. The van der Waals surface area contributed by atoms with Crippen LogP contribution in [-0.2, 0) is 0 Å². The van der Waals surface area contributed by atoms with Gasteiger partial charge >= 0.3 is 0 Å². The Morgan fingerprint density at radius 3 is 3.12 bits per heavy atom. The van der Waals surface area contributed by atoms with Gasteiger partial charge in [-0.15, -0.1) is 0 Å². The molecule has 1 aliphatic rings. The van der Waals surface area contributed by atoms with Gasteiger partial charge in [0.05, 0.1) is 6.20 Å². The minimum atomic E-state index is 0.130. The van der Waals surface area contributed by atoms with Gasteiger partial charge in [0.1, 0.15) is 6.04 Å². The van der Waals surface area contributed by atoms with Gasteiger partial charge in [-0.2, -0.15) is 10.2 Å². The average molecular weight is 109 g/mol. The minimum absolute atomic E-state index is 0.130. The molecule has 0 saturated carbocycles. The van der Waals surface area contributed by atoms with Gasteiger partial charge in [0, 0.05) is 12.4 Å². The summed E-state index contributed by atoms with van der Waals surface area (Å²) in [4.78, 5) is 3.86. The number of rotatable bonds is 0. The van der Waals surface area contributed by atoms with Gasteiger partial charge in [-0.1, -0.05) is 0 Å². The molecule has 0 fully saturated rings. The molecule has 0 aliphatic carbocycles. The van der Waals surface area contributed by atoms with E-state index in [0.717, 1.165) is 0 Å². The smallest absolute Gasteiger partial charge is 0.103 e. The normalized spacial score (nSPS) is 25.9. The van der Waals surface area contributed by atoms with Crippen molar-refractivity contribution in [1.29, 1.82) is 0 Å². The molecule has 3 heteroatoms. The molecular formula is C5H7N3. The van der Waals surface area contributed by atoms with Crippen molar-refractivity contribution in [3.8, 4) is 0 Å². The predicted molar refractivity (Wildman–Crippen MR) is 31.9 cm³/mol. The Kier molecular flexibility index (Phi) is 1.51. The molecule has 0 aromatic heterocycles. The van der Waals surface area contributed by atoms with E-state index in [0.29, 0.717) is 0 Å². The third kappa shape index (κ3) is 1.26. The molecule has 1 aliphatic heterocycles. The van der Waals surface area contributed by atoms with Crippen LogP contribution >= 0.6 is 0 Å². The molecule has 0 saturated heterocycles. The van der Waals surface area contributed by atoms with Crippen LogP contribution in [0.4, 0.5) is 0 Å². The van der Waals surface area contributed by atoms with Gasteiger partial charge in [0.15, 0.2) is 0 Å². The maximum Gasteiger partial charge on any atom is 0.103 e. The van der Waals surface area contributed by atoms with Crippen molar-refractivity contribution in [3.63, 3.8) is 0 Å². The molecule has 1 rings (SSSR count). The molecule has 0 radical (unpaired) electrons. The first kappa shape index (κ1) is 5.15. The van der Waals surface area contributed by atoms with Crippen molar-refractivity contribution in [2.24, 2.45) is 15.2 Å². The highest BCUT2D eigenvalue weighted by Gasteiger charge is 1.90. The number of aliphatic imine (C=N–C) groups is 1. The standard InChI is InChI=1S/C5H7N3/c1-5-4-6-2-3-7-8-5/h2-5H,1H3. The molecule has 0 N–H and O–H groups in total. The first-order valence-electron chi connectivity index (χ1n) is 2.48. The zero-order chi connectivity index (χ0) is 5.82. The molecular weight excluding hydrogens is 102 g/mol. The second kappa shape index (κ2) is 2.35. The van der Waals surface area contributed by atoms with E-state index in [2.05, 4.69) is 15.2 Å².